The predicted molar refractivity (Wildman–Crippen MR) is 97.7 cm³/mol. The van der Waals surface area contributed by atoms with Gasteiger partial charge in [-0.25, -0.2) is 15.0 Å². The molecule has 8 nitrogen and oxygen atoms in total. The summed E-state index contributed by atoms with van der Waals surface area (Å²) < 4.78 is 11.4. The zero-order valence-electron chi connectivity index (χ0n) is 14.9. The van der Waals surface area contributed by atoms with E-state index in [1.165, 1.54) is 11.3 Å². The fourth-order valence-electron chi connectivity index (χ4n) is 2.98. The molecule has 1 fully saturated rings. The normalized spacial score (nSPS) is 20.1. The molecule has 9 heteroatoms. The van der Waals surface area contributed by atoms with Crippen molar-refractivity contribution in [3.63, 3.8) is 0 Å². The van der Waals surface area contributed by atoms with Crippen molar-refractivity contribution in [2.24, 2.45) is 0 Å². The molecule has 0 aliphatic carbocycles. The molecule has 0 spiro atoms. The third kappa shape index (κ3) is 4.75. The van der Waals surface area contributed by atoms with E-state index in [1.54, 1.807) is 5.51 Å². The van der Waals surface area contributed by atoms with Gasteiger partial charge in [0.25, 0.3) is 0 Å². The van der Waals surface area contributed by atoms with E-state index in [0.717, 1.165) is 22.6 Å². The van der Waals surface area contributed by atoms with Gasteiger partial charge in [0.1, 0.15) is 6.10 Å². The standard InChI is InChI=1S/C17H23N5O3S/c1-10-13(11(2)21-17(18)20-10)5-16(23)22-14-3-4-24-7-15(14)25-6-12-8-26-9-19-12/h8-9,14-15H,3-7H2,1-2H3,(H,22,23)(H2,18,20,21)/t14-,15-/m1/s1. The fourth-order valence-corrected chi connectivity index (χ4v) is 3.53. The first-order chi connectivity index (χ1) is 12.5. The van der Waals surface area contributed by atoms with E-state index in [0.29, 0.717) is 26.2 Å². The van der Waals surface area contributed by atoms with Crippen LogP contribution in [-0.4, -0.2) is 46.2 Å². The van der Waals surface area contributed by atoms with Crippen LogP contribution >= 0.6 is 11.3 Å². The second-order valence-corrected chi connectivity index (χ2v) is 6.99. The van der Waals surface area contributed by atoms with Gasteiger partial charge in [-0.05, 0) is 20.3 Å². The smallest absolute Gasteiger partial charge is 0.224 e. The molecule has 0 aromatic carbocycles. The minimum absolute atomic E-state index is 0.0845. The third-order valence-electron chi connectivity index (χ3n) is 4.35. The van der Waals surface area contributed by atoms with Gasteiger partial charge in [0.15, 0.2) is 0 Å². The molecule has 0 unspecified atom stereocenters. The van der Waals surface area contributed by atoms with Crippen LogP contribution in [0.5, 0.6) is 0 Å². The number of aromatic nitrogens is 3. The van der Waals surface area contributed by atoms with Crippen molar-refractivity contribution < 1.29 is 14.3 Å². The molecular weight excluding hydrogens is 354 g/mol. The van der Waals surface area contributed by atoms with Crippen LogP contribution in [0, 0.1) is 13.8 Å². The zero-order chi connectivity index (χ0) is 18.5. The highest BCUT2D eigenvalue weighted by molar-refractivity contribution is 7.07. The number of ether oxygens (including phenoxy) is 2. The first-order valence-electron chi connectivity index (χ1n) is 8.48. The Balaban J connectivity index is 1.59. The lowest BCUT2D eigenvalue weighted by Gasteiger charge is -2.32. The Kier molecular flexibility index (Phi) is 6.12. The lowest BCUT2D eigenvalue weighted by molar-refractivity contribution is -0.126. The lowest BCUT2D eigenvalue weighted by Crippen LogP contribution is -2.50. The predicted octanol–water partition coefficient (Wildman–Crippen LogP) is 1.17. The number of hydrogen-bond donors (Lipinski definition) is 2. The quantitative estimate of drug-likeness (QED) is 0.777. The van der Waals surface area contributed by atoms with Gasteiger partial charge in [-0.2, -0.15) is 0 Å². The summed E-state index contributed by atoms with van der Waals surface area (Å²) in [5, 5.41) is 5.02. The summed E-state index contributed by atoms with van der Waals surface area (Å²) in [6.07, 6.45) is 0.733. The van der Waals surface area contributed by atoms with Gasteiger partial charge in [-0.3, -0.25) is 4.79 Å². The maximum atomic E-state index is 12.5. The van der Waals surface area contributed by atoms with Crippen LogP contribution in [0.25, 0.3) is 0 Å². The second kappa shape index (κ2) is 8.52. The summed E-state index contributed by atoms with van der Waals surface area (Å²) in [5.41, 5.74) is 10.6. The third-order valence-corrected chi connectivity index (χ3v) is 4.99. The molecule has 3 heterocycles. The summed E-state index contributed by atoms with van der Waals surface area (Å²) in [4.78, 5) is 25.0. The molecule has 2 aromatic rings. The molecule has 2 aromatic heterocycles. The number of thiazole rings is 1. The Morgan fingerprint density at radius 1 is 1.42 bits per heavy atom. The van der Waals surface area contributed by atoms with E-state index in [9.17, 15) is 4.79 Å². The fraction of sp³-hybridized carbons (Fsp3) is 0.529. The van der Waals surface area contributed by atoms with Gasteiger partial charge in [0.05, 0.1) is 36.9 Å². The van der Waals surface area contributed by atoms with Crippen LogP contribution in [0.4, 0.5) is 5.95 Å². The Morgan fingerprint density at radius 2 is 2.19 bits per heavy atom. The van der Waals surface area contributed by atoms with Gasteiger partial charge in [-0.15, -0.1) is 11.3 Å². The minimum atomic E-state index is -0.195. The monoisotopic (exact) mass is 377 g/mol. The number of anilines is 1. The number of amides is 1. The van der Waals surface area contributed by atoms with Crippen LogP contribution in [0.1, 0.15) is 29.1 Å². The van der Waals surface area contributed by atoms with Crippen molar-refractivity contribution in [2.75, 3.05) is 18.9 Å². The summed E-state index contributed by atoms with van der Waals surface area (Å²) in [5.74, 6) is 0.142. The van der Waals surface area contributed by atoms with Crippen LogP contribution in [-0.2, 0) is 27.3 Å². The van der Waals surface area contributed by atoms with Gasteiger partial charge in [0.2, 0.25) is 11.9 Å². The maximum absolute atomic E-state index is 12.5. The Hall–Kier alpha value is -2.10. The first-order valence-corrected chi connectivity index (χ1v) is 9.42. The van der Waals surface area contributed by atoms with E-state index in [-0.39, 0.29) is 30.4 Å². The number of nitrogens with two attached hydrogens (primary N) is 1. The molecule has 1 aliphatic rings. The number of aryl methyl sites for hydroxylation is 2. The van der Waals surface area contributed by atoms with Crippen LogP contribution < -0.4 is 11.1 Å². The highest BCUT2D eigenvalue weighted by Gasteiger charge is 2.28. The van der Waals surface area contributed by atoms with Gasteiger partial charge >= 0.3 is 0 Å². The van der Waals surface area contributed by atoms with Gasteiger partial charge < -0.3 is 20.5 Å². The maximum Gasteiger partial charge on any atom is 0.224 e. The molecule has 2 atom stereocenters. The number of carbonyl (C=O) groups is 1. The SMILES string of the molecule is Cc1nc(N)nc(C)c1CC(=O)N[C@@H]1CCOC[C@H]1OCc1cscn1. The molecular formula is C17H23N5O3S. The molecule has 140 valence electrons. The van der Waals surface area contributed by atoms with Crippen molar-refractivity contribution in [2.45, 2.75) is 45.4 Å². The molecule has 1 amide bonds. The van der Waals surface area contributed by atoms with Crippen molar-refractivity contribution >= 4 is 23.2 Å². The topological polar surface area (TPSA) is 112 Å². The molecule has 3 N–H and O–H groups in total. The average molecular weight is 377 g/mol. The van der Waals surface area contributed by atoms with E-state index >= 15 is 0 Å². The lowest BCUT2D eigenvalue weighted by atomic mass is 10.0. The minimum Gasteiger partial charge on any atom is -0.379 e. The van der Waals surface area contributed by atoms with E-state index in [4.69, 9.17) is 15.2 Å². The molecule has 0 radical (unpaired) electrons. The average Bonchev–Trinajstić information content (AvgIpc) is 3.11. The number of rotatable bonds is 6. The summed E-state index contributed by atoms with van der Waals surface area (Å²) in [7, 11) is 0. The van der Waals surface area contributed by atoms with Crippen molar-refractivity contribution in [3.8, 4) is 0 Å². The van der Waals surface area contributed by atoms with E-state index in [1.807, 2.05) is 19.2 Å². The largest absolute Gasteiger partial charge is 0.379 e. The Bertz CT molecular complexity index is 730. The second-order valence-electron chi connectivity index (χ2n) is 6.27. The zero-order valence-corrected chi connectivity index (χ0v) is 15.7. The van der Waals surface area contributed by atoms with Crippen molar-refractivity contribution in [3.05, 3.63) is 33.5 Å². The Morgan fingerprint density at radius 3 is 2.88 bits per heavy atom. The van der Waals surface area contributed by atoms with Gasteiger partial charge in [0, 0.05) is 28.9 Å². The van der Waals surface area contributed by atoms with Crippen LogP contribution in [0.2, 0.25) is 0 Å². The number of nitrogens with one attached hydrogen (secondary N) is 1. The Labute approximate surface area is 156 Å². The van der Waals surface area contributed by atoms with Crippen LogP contribution in [0.15, 0.2) is 10.9 Å². The number of nitrogens with zero attached hydrogens (tertiary/aromatic N) is 3. The molecule has 1 saturated heterocycles. The molecule has 1 aliphatic heterocycles. The molecule has 26 heavy (non-hydrogen) atoms. The summed E-state index contributed by atoms with van der Waals surface area (Å²) in [6.45, 7) is 5.14. The number of nitrogen functional groups attached to an aromatic ring is 1. The van der Waals surface area contributed by atoms with E-state index < -0.39 is 0 Å². The highest BCUT2D eigenvalue weighted by atomic mass is 32.1. The van der Waals surface area contributed by atoms with Gasteiger partial charge in [-0.1, -0.05) is 0 Å². The van der Waals surface area contributed by atoms with Crippen molar-refractivity contribution in [1.29, 1.82) is 0 Å². The summed E-state index contributed by atoms with van der Waals surface area (Å²) in [6, 6.07) is -0.0924. The first kappa shape index (κ1) is 18.7. The van der Waals surface area contributed by atoms with E-state index in [2.05, 4.69) is 20.3 Å². The summed E-state index contributed by atoms with van der Waals surface area (Å²) >= 11 is 1.53. The van der Waals surface area contributed by atoms with Crippen molar-refractivity contribution in [1.82, 2.24) is 20.3 Å². The molecule has 3 rings (SSSR count). The molecule has 0 bridgehead atoms. The molecule has 0 saturated carbocycles. The van der Waals surface area contributed by atoms with Crippen LogP contribution in [0.3, 0.4) is 0 Å². The number of hydrogen-bond acceptors (Lipinski definition) is 8. The highest BCUT2D eigenvalue weighted by Crippen LogP contribution is 2.16. The number of carbonyl (C=O) groups excluding carboxylic acids is 1.